The van der Waals surface area contributed by atoms with E-state index in [1.165, 1.54) is 24.3 Å². The van der Waals surface area contributed by atoms with Gasteiger partial charge < -0.3 is 9.84 Å². The molecular weight excluding hydrogens is 348 g/mol. The van der Waals surface area contributed by atoms with Crippen molar-refractivity contribution in [2.75, 3.05) is 6.26 Å². The average Bonchev–Trinajstić information content (AvgIpc) is 2.65. The molecule has 1 heterocycles. The summed E-state index contributed by atoms with van der Waals surface area (Å²) < 4.78 is 27.3. The predicted octanol–water partition coefficient (Wildman–Crippen LogP) is 2.10. The van der Waals surface area contributed by atoms with Crippen molar-refractivity contribution in [1.82, 2.24) is 0 Å². The minimum atomic E-state index is -3.27. The Bertz CT molecular complexity index is 631. The van der Waals surface area contributed by atoms with Crippen LogP contribution in [0.15, 0.2) is 33.6 Å². The number of aliphatic hydroxyl groups is 1. The topological polar surface area (TPSA) is 80.7 Å². The fourth-order valence-corrected chi connectivity index (χ4v) is 2.73. The smallest absolute Gasteiger partial charge is 0.348 e. The zero-order chi connectivity index (χ0) is 15.5. The van der Waals surface area contributed by atoms with E-state index in [1.54, 1.807) is 0 Å². The van der Waals surface area contributed by atoms with E-state index in [0.717, 1.165) is 6.26 Å². The highest BCUT2D eigenvalue weighted by molar-refractivity contribution is 9.12. The fourth-order valence-electron chi connectivity index (χ4n) is 1.58. The lowest BCUT2D eigenvalue weighted by Crippen LogP contribution is -2.09. The van der Waals surface area contributed by atoms with Gasteiger partial charge in [-0.15, -0.1) is 0 Å². The second kappa shape index (κ2) is 6.51. The van der Waals surface area contributed by atoms with Crippen molar-refractivity contribution in [1.29, 1.82) is 0 Å². The zero-order valence-corrected chi connectivity index (χ0v) is 13.7. The lowest BCUT2D eigenvalue weighted by Gasteiger charge is -2.08. The highest BCUT2D eigenvalue weighted by Gasteiger charge is 2.32. The minimum absolute atomic E-state index is 0.141. The first kappa shape index (κ1) is 16.9. The molecule has 7 heteroatoms. The molecule has 0 spiro atoms. The van der Waals surface area contributed by atoms with Crippen LogP contribution in [0, 0.1) is 0 Å². The van der Waals surface area contributed by atoms with Crippen molar-refractivity contribution >= 4 is 37.3 Å². The van der Waals surface area contributed by atoms with Crippen molar-refractivity contribution in [3.8, 4) is 0 Å². The first-order valence-electron chi connectivity index (χ1n) is 5.90. The Balaban J connectivity index is 0.000000956. The average molecular weight is 363 g/mol. The van der Waals surface area contributed by atoms with Crippen molar-refractivity contribution in [3.63, 3.8) is 0 Å². The van der Waals surface area contributed by atoms with E-state index in [2.05, 4.69) is 20.7 Å². The van der Waals surface area contributed by atoms with Gasteiger partial charge in [0.25, 0.3) is 0 Å². The maximum absolute atomic E-state index is 11.3. The van der Waals surface area contributed by atoms with Crippen LogP contribution in [-0.2, 0) is 19.4 Å². The molecule has 0 aliphatic carbocycles. The number of esters is 1. The minimum Gasteiger partial charge on any atom is -0.427 e. The summed E-state index contributed by atoms with van der Waals surface area (Å²) in [6.45, 7) is 4.00. The molecular formula is C13H15BrO5S. The predicted molar refractivity (Wildman–Crippen MR) is 78.8 cm³/mol. The number of rotatable bonds is 2. The summed E-state index contributed by atoms with van der Waals surface area (Å²) >= 11 is 3.03. The van der Waals surface area contributed by atoms with Crippen molar-refractivity contribution in [2.24, 2.45) is 0 Å². The van der Waals surface area contributed by atoms with E-state index in [9.17, 15) is 18.3 Å². The van der Waals surface area contributed by atoms with Crippen LogP contribution in [-0.4, -0.2) is 32.0 Å². The van der Waals surface area contributed by atoms with Crippen LogP contribution < -0.4 is 0 Å². The Morgan fingerprint density at radius 1 is 1.20 bits per heavy atom. The van der Waals surface area contributed by atoms with Crippen LogP contribution in [0.1, 0.15) is 19.4 Å². The Hall–Kier alpha value is -1.18. The maximum atomic E-state index is 11.3. The number of aliphatic hydroxyl groups excluding tert-OH is 1. The molecule has 1 aromatic rings. The van der Waals surface area contributed by atoms with E-state index in [-0.39, 0.29) is 9.38 Å². The number of cyclic esters (lactones) is 1. The number of hydrogen-bond acceptors (Lipinski definition) is 5. The van der Waals surface area contributed by atoms with Crippen LogP contribution in [0.25, 0.3) is 5.57 Å². The largest absolute Gasteiger partial charge is 0.427 e. The molecule has 0 aromatic heterocycles. The van der Waals surface area contributed by atoms with Crippen molar-refractivity contribution < 1.29 is 23.1 Å². The van der Waals surface area contributed by atoms with Crippen molar-refractivity contribution in [2.45, 2.75) is 25.0 Å². The SMILES string of the molecule is CC.CS(=O)(=O)c1ccc(C2=C(Br)C(=O)OC2O)cc1. The highest BCUT2D eigenvalue weighted by Crippen LogP contribution is 2.33. The van der Waals surface area contributed by atoms with Gasteiger partial charge in [0.05, 0.1) is 4.90 Å². The van der Waals surface area contributed by atoms with E-state index in [0.29, 0.717) is 11.1 Å². The van der Waals surface area contributed by atoms with E-state index >= 15 is 0 Å². The van der Waals surface area contributed by atoms with Crippen LogP contribution >= 0.6 is 15.9 Å². The first-order valence-corrected chi connectivity index (χ1v) is 8.58. The molecule has 0 saturated carbocycles. The van der Waals surface area contributed by atoms with Gasteiger partial charge in [0.1, 0.15) is 4.48 Å². The normalized spacial score (nSPS) is 18.4. The van der Waals surface area contributed by atoms with Gasteiger partial charge in [-0.05, 0) is 33.6 Å². The second-order valence-corrected chi connectivity index (χ2v) is 6.59. The number of halogens is 1. The molecule has 110 valence electrons. The third-order valence-corrected chi connectivity index (χ3v) is 4.35. The molecule has 0 bridgehead atoms. The Morgan fingerprint density at radius 3 is 2.05 bits per heavy atom. The molecule has 5 nitrogen and oxygen atoms in total. The van der Waals surface area contributed by atoms with Gasteiger partial charge in [0.2, 0.25) is 6.29 Å². The third kappa shape index (κ3) is 3.47. The standard InChI is InChI=1S/C11H9BrO5S.C2H6/c1-18(15,16)7-4-2-6(3-5-7)8-9(12)11(14)17-10(8)13;1-2/h2-5,10,13H,1H3;1-2H3. The molecule has 0 saturated heterocycles. The van der Waals surface area contributed by atoms with Crippen LogP contribution in [0.4, 0.5) is 0 Å². The van der Waals surface area contributed by atoms with Gasteiger partial charge in [0.15, 0.2) is 9.84 Å². The third-order valence-electron chi connectivity index (χ3n) is 2.47. The summed E-state index contributed by atoms with van der Waals surface area (Å²) in [5, 5.41) is 9.56. The molecule has 1 aliphatic rings. The van der Waals surface area contributed by atoms with E-state index in [4.69, 9.17) is 0 Å². The van der Waals surface area contributed by atoms with Crippen molar-refractivity contribution in [3.05, 3.63) is 34.3 Å². The summed E-state index contributed by atoms with van der Waals surface area (Å²) in [5.41, 5.74) is 0.813. The Labute approximate surface area is 126 Å². The van der Waals surface area contributed by atoms with Gasteiger partial charge in [0, 0.05) is 11.8 Å². The van der Waals surface area contributed by atoms with Gasteiger partial charge in [-0.1, -0.05) is 26.0 Å². The molecule has 0 amide bonds. The number of hydrogen-bond donors (Lipinski definition) is 1. The molecule has 1 unspecified atom stereocenters. The summed E-state index contributed by atoms with van der Waals surface area (Å²) in [6.07, 6.45) is -0.232. The zero-order valence-electron chi connectivity index (χ0n) is 11.3. The second-order valence-electron chi connectivity index (χ2n) is 3.78. The number of benzene rings is 1. The van der Waals surface area contributed by atoms with E-state index < -0.39 is 22.1 Å². The molecule has 20 heavy (non-hydrogen) atoms. The molecule has 0 fully saturated rings. The van der Waals surface area contributed by atoms with Gasteiger partial charge in [-0.2, -0.15) is 0 Å². The van der Waals surface area contributed by atoms with Crippen LogP contribution in [0.2, 0.25) is 0 Å². The molecule has 1 aliphatic heterocycles. The first-order chi connectivity index (χ1) is 9.30. The number of carbonyl (C=O) groups is 1. The van der Waals surface area contributed by atoms with Gasteiger partial charge in [-0.3, -0.25) is 0 Å². The quantitative estimate of drug-likeness (QED) is 0.814. The number of carbonyl (C=O) groups excluding carboxylic acids is 1. The van der Waals surface area contributed by atoms with Gasteiger partial charge >= 0.3 is 5.97 Å². The molecule has 1 N–H and O–H groups in total. The maximum Gasteiger partial charge on any atom is 0.348 e. The summed E-state index contributed by atoms with van der Waals surface area (Å²) in [7, 11) is -3.27. The summed E-state index contributed by atoms with van der Waals surface area (Å²) in [4.78, 5) is 11.4. The Kier molecular flexibility index (Phi) is 5.50. The lowest BCUT2D eigenvalue weighted by molar-refractivity contribution is -0.149. The van der Waals surface area contributed by atoms with Crippen LogP contribution in [0.5, 0.6) is 0 Å². The molecule has 1 atom stereocenters. The molecule has 1 aromatic carbocycles. The fraction of sp³-hybridized carbons (Fsp3) is 0.308. The van der Waals surface area contributed by atoms with Gasteiger partial charge in [-0.25, -0.2) is 13.2 Å². The van der Waals surface area contributed by atoms with Crippen LogP contribution in [0.3, 0.4) is 0 Å². The molecule has 2 rings (SSSR count). The Morgan fingerprint density at radius 2 is 1.70 bits per heavy atom. The van der Waals surface area contributed by atoms with E-state index in [1.807, 2.05) is 13.8 Å². The molecule has 0 radical (unpaired) electrons. The summed E-state index contributed by atoms with van der Waals surface area (Å²) in [6, 6.07) is 5.84. The number of ether oxygens (including phenoxy) is 1. The monoisotopic (exact) mass is 362 g/mol. The lowest BCUT2D eigenvalue weighted by atomic mass is 10.1. The number of sulfone groups is 1. The summed E-state index contributed by atoms with van der Waals surface area (Å²) in [5.74, 6) is -0.648. The highest BCUT2D eigenvalue weighted by atomic mass is 79.9.